The second-order valence-electron chi connectivity index (χ2n) is 2.61. The highest BCUT2D eigenvalue weighted by molar-refractivity contribution is 4.70. The number of nitrogens with zero attached hydrogens (tertiary/aromatic N) is 1. The van der Waals surface area contributed by atoms with Crippen molar-refractivity contribution in [3.8, 4) is 0 Å². The van der Waals surface area contributed by atoms with Crippen LogP contribution in [-0.4, -0.2) is 17.3 Å². The van der Waals surface area contributed by atoms with Gasteiger partial charge in [-0.15, -0.1) is 4.91 Å². The lowest BCUT2D eigenvalue weighted by atomic mass is 9.95. The zero-order valence-corrected chi connectivity index (χ0v) is 5.69. The molecule has 0 aromatic rings. The highest BCUT2D eigenvalue weighted by Crippen LogP contribution is 2.20. The van der Waals surface area contributed by atoms with E-state index in [1.807, 2.05) is 0 Å². The van der Waals surface area contributed by atoms with Crippen LogP contribution < -0.4 is 0 Å². The molecule has 0 aromatic carbocycles. The summed E-state index contributed by atoms with van der Waals surface area (Å²) in [5.41, 5.74) is 0. The first-order valence-electron chi connectivity index (χ1n) is 3.49. The van der Waals surface area contributed by atoms with Crippen LogP contribution >= 0.6 is 0 Å². The maximum Gasteiger partial charge on any atom is 0.155 e. The van der Waals surface area contributed by atoms with Gasteiger partial charge in [0.25, 0.3) is 0 Å². The lowest BCUT2D eigenvalue weighted by Crippen LogP contribution is -2.22. The minimum Gasteiger partial charge on any atom is -0.393 e. The number of aliphatic hydroxyl groups is 1. The van der Waals surface area contributed by atoms with Crippen molar-refractivity contribution in [1.29, 1.82) is 0 Å². The fraction of sp³-hybridized carbons (Fsp3) is 1.00. The Bertz CT molecular complexity index is 110. The molecule has 0 heterocycles. The van der Waals surface area contributed by atoms with Crippen LogP contribution in [0, 0.1) is 4.91 Å². The first kappa shape index (κ1) is 7.47. The summed E-state index contributed by atoms with van der Waals surface area (Å²) < 4.78 is 0. The zero-order valence-electron chi connectivity index (χ0n) is 5.69. The van der Waals surface area contributed by atoms with Crippen LogP contribution in [0.4, 0.5) is 0 Å². The molecule has 58 valence electrons. The Hall–Kier alpha value is -0.640. The lowest BCUT2D eigenvalue weighted by Gasteiger charge is -2.21. The molecule has 1 fully saturated rings. The molecule has 1 rings (SSSR count). The van der Waals surface area contributed by atoms with Gasteiger partial charge in [0.15, 0.2) is 5.34 Å². The standard InChI is InChI=1S/C6H11NO3/c8-5-1-3-6(4-2-5)10-7-9/h5-6,8H,1-4H2. The van der Waals surface area contributed by atoms with Crippen molar-refractivity contribution in [1.82, 2.24) is 0 Å². The van der Waals surface area contributed by atoms with Gasteiger partial charge >= 0.3 is 0 Å². The second kappa shape index (κ2) is 3.51. The molecule has 0 aliphatic heterocycles. The predicted molar refractivity (Wildman–Crippen MR) is 35.1 cm³/mol. The van der Waals surface area contributed by atoms with Crippen LogP contribution in [0.2, 0.25) is 0 Å². The van der Waals surface area contributed by atoms with E-state index in [0.29, 0.717) is 0 Å². The SMILES string of the molecule is O=NOC1CCC(O)CC1. The Balaban J connectivity index is 2.19. The molecule has 1 aliphatic carbocycles. The fourth-order valence-electron chi connectivity index (χ4n) is 1.21. The Kier molecular flexibility index (Phi) is 2.62. The van der Waals surface area contributed by atoms with Crippen molar-refractivity contribution in [3.63, 3.8) is 0 Å². The molecule has 0 bridgehead atoms. The molecule has 0 radical (unpaired) electrons. The molecule has 0 amide bonds. The average molecular weight is 145 g/mol. The van der Waals surface area contributed by atoms with E-state index in [9.17, 15) is 4.91 Å². The van der Waals surface area contributed by atoms with Crippen molar-refractivity contribution in [2.75, 3.05) is 0 Å². The summed E-state index contributed by atoms with van der Waals surface area (Å²) >= 11 is 0. The summed E-state index contributed by atoms with van der Waals surface area (Å²) in [5, 5.41) is 11.4. The van der Waals surface area contributed by atoms with Gasteiger partial charge in [0, 0.05) is 0 Å². The van der Waals surface area contributed by atoms with Crippen LogP contribution in [0.3, 0.4) is 0 Å². The van der Waals surface area contributed by atoms with Gasteiger partial charge < -0.3 is 9.94 Å². The van der Waals surface area contributed by atoms with Crippen molar-refractivity contribution in [3.05, 3.63) is 4.91 Å². The number of hydrogen-bond donors (Lipinski definition) is 1. The largest absolute Gasteiger partial charge is 0.393 e. The van der Waals surface area contributed by atoms with E-state index in [4.69, 9.17) is 5.11 Å². The fourth-order valence-corrected chi connectivity index (χ4v) is 1.21. The molecule has 10 heavy (non-hydrogen) atoms. The quantitative estimate of drug-likeness (QED) is 0.465. The lowest BCUT2D eigenvalue weighted by molar-refractivity contribution is -0.00270. The van der Waals surface area contributed by atoms with Gasteiger partial charge in [0.2, 0.25) is 0 Å². The van der Waals surface area contributed by atoms with Crippen molar-refractivity contribution < 1.29 is 9.94 Å². The third kappa shape index (κ3) is 1.95. The van der Waals surface area contributed by atoms with E-state index in [1.165, 1.54) is 0 Å². The van der Waals surface area contributed by atoms with Gasteiger partial charge in [0.1, 0.15) is 6.10 Å². The molecule has 4 nitrogen and oxygen atoms in total. The number of hydrogen-bond acceptors (Lipinski definition) is 4. The maximum absolute atomic E-state index is 9.62. The Morgan fingerprint density at radius 2 is 1.90 bits per heavy atom. The molecular formula is C6H11NO3. The third-order valence-corrected chi connectivity index (χ3v) is 1.84. The van der Waals surface area contributed by atoms with Gasteiger partial charge in [-0.2, -0.15) is 0 Å². The number of rotatable bonds is 2. The molecule has 1 N–H and O–H groups in total. The van der Waals surface area contributed by atoms with Crippen molar-refractivity contribution in [2.24, 2.45) is 5.34 Å². The molecule has 0 atom stereocenters. The Morgan fingerprint density at radius 3 is 2.40 bits per heavy atom. The van der Waals surface area contributed by atoms with Crippen LogP contribution in [0.15, 0.2) is 5.34 Å². The van der Waals surface area contributed by atoms with Crippen LogP contribution in [0.25, 0.3) is 0 Å². The predicted octanol–water partition coefficient (Wildman–Crippen LogP) is 0.988. The average Bonchev–Trinajstić information content (AvgIpc) is 1.95. The first-order chi connectivity index (χ1) is 4.83. The summed E-state index contributed by atoms with van der Waals surface area (Å²) in [4.78, 5) is 14.1. The van der Waals surface area contributed by atoms with Gasteiger partial charge in [-0.1, -0.05) is 0 Å². The van der Waals surface area contributed by atoms with E-state index < -0.39 is 0 Å². The summed E-state index contributed by atoms with van der Waals surface area (Å²) in [7, 11) is 0. The minimum atomic E-state index is -0.202. The maximum atomic E-state index is 9.62. The Labute approximate surface area is 59.1 Å². The van der Waals surface area contributed by atoms with Gasteiger partial charge in [-0.05, 0) is 25.7 Å². The summed E-state index contributed by atoms with van der Waals surface area (Å²) in [6.07, 6.45) is 2.67. The van der Waals surface area contributed by atoms with E-state index >= 15 is 0 Å². The monoisotopic (exact) mass is 145 g/mol. The molecule has 0 aromatic heterocycles. The minimum absolute atomic E-state index is 0.0547. The highest BCUT2D eigenvalue weighted by atomic mass is 16.7. The van der Waals surface area contributed by atoms with Crippen molar-refractivity contribution >= 4 is 0 Å². The summed E-state index contributed by atoms with van der Waals surface area (Å²) in [6.45, 7) is 0. The Morgan fingerprint density at radius 1 is 1.30 bits per heavy atom. The van der Waals surface area contributed by atoms with Gasteiger partial charge in [-0.25, -0.2) is 0 Å². The zero-order chi connectivity index (χ0) is 7.40. The van der Waals surface area contributed by atoms with E-state index in [-0.39, 0.29) is 12.2 Å². The summed E-state index contributed by atoms with van der Waals surface area (Å²) in [5.74, 6) is 0. The topological polar surface area (TPSA) is 58.9 Å². The van der Waals surface area contributed by atoms with Crippen LogP contribution in [0.5, 0.6) is 0 Å². The van der Waals surface area contributed by atoms with E-state index in [1.54, 1.807) is 0 Å². The highest BCUT2D eigenvalue weighted by Gasteiger charge is 2.20. The molecule has 0 spiro atoms. The van der Waals surface area contributed by atoms with Crippen LogP contribution in [-0.2, 0) is 4.84 Å². The molecule has 4 heteroatoms. The van der Waals surface area contributed by atoms with Gasteiger partial charge in [0.05, 0.1) is 6.10 Å². The third-order valence-electron chi connectivity index (χ3n) is 1.84. The molecule has 0 saturated heterocycles. The van der Waals surface area contributed by atoms with Crippen molar-refractivity contribution in [2.45, 2.75) is 37.9 Å². The molecular weight excluding hydrogens is 134 g/mol. The summed E-state index contributed by atoms with van der Waals surface area (Å²) in [6, 6.07) is 0. The normalized spacial score (nSPS) is 33.3. The number of aliphatic hydroxyl groups excluding tert-OH is 1. The molecule has 0 unspecified atom stereocenters. The molecule has 1 saturated carbocycles. The van der Waals surface area contributed by atoms with E-state index in [2.05, 4.69) is 10.2 Å². The molecule has 1 aliphatic rings. The van der Waals surface area contributed by atoms with Crippen LogP contribution in [0.1, 0.15) is 25.7 Å². The van der Waals surface area contributed by atoms with E-state index in [0.717, 1.165) is 25.7 Å². The first-order valence-corrected chi connectivity index (χ1v) is 3.49. The smallest absolute Gasteiger partial charge is 0.155 e. The second-order valence-corrected chi connectivity index (χ2v) is 2.61. The van der Waals surface area contributed by atoms with Gasteiger partial charge in [-0.3, -0.25) is 0 Å².